The number of aromatic nitrogens is 1. The molecule has 0 bridgehead atoms. The first-order valence-corrected chi connectivity index (χ1v) is 8.81. The van der Waals surface area contributed by atoms with Crippen LogP contribution in [0.2, 0.25) is 5.02 Å². The van der Waals surface area contributed by atoms with Crippen LogP contribution < -0.4 is 20.5 Å². The number of methoxy groups -OCH3 is 1. The Balaban J connectivity index is 1.82. The Morgan fingerprint density at radius 1 is 1.26 bits per heavy atom. The van der Waals surface area contributed by atoms with E-state index in [1.807, 2.05) is 0 Å². The van der Waals surface area contributed by atoms with E-state index in [0.29, 0.717) is 10.7 Å². The van der Waals surface area contributed by atoms with Gasteiger partial charge in [0.1, 0.15) is 12.3 Å². The molecule has 0 fully saturated rings. The van der Waals surface area contributed by atoms with Gasteiger partial charge in [0.25, 0.3) is 11.8 Å². The zero-order chi connectivity index (χ0) is 20.0. The van der Waals surface area contributed by atoms with Crippen molar-refractivity contribution in [3.8, 4) is 5.75 Å². The van der Waals surface area contributed by atoms with Crippen molar-refractivity contribution in [2.45, 2.75) is 13.5 Å². The highest BCUT2D eigenvalue weighted by Gasteiger charge is 2.15. The number of nitrogens with one attached hydrogen (secondary N) is 2. The molecule has 9 nitrogen and oxygen atoms in total. The van der Waals surface area contributed by atoms with E-state index in [0.717, 1.165) is 11.3 Å². The highest BCUT2D eigenvalue weighted by atomic mass is 35.5. The zero-order valence-corrected chi connectivity index (χ0v) is 16.0. The Morgan fingerprint density at radius 2 is 2.00 bits per heavy atom. The van der Waals surface area contributed by atoms with Crippen LogP contribution in [0.5, 0.6) is 5.75 Å². The maximum Gasteiger partial charge on any atom is 0.326 e. The third-order valence-corrected chi connectivity index (χ3v) is 4.47. The van der Waals surface area contributed by atoms with Gasteiger partial charge >= 0.3 is 10.8 Å². The summed E-state index contributed by atoms with van der Waals surface area (Å²) in [6.07, 6.45) is 0. The number of esters is 1. The van der Waals surface area contributed by atoms with Gasteiger partial charge in [0.15, 0.2) is 6.61 Å². The van der Waals surface area contributed by atoms with E-state index in [1.54, 1.807) is 18.4 Å². The molecule has 144 valence electrons. The van der Waals surface area contributed by atoms with Crippen LogP contribution in [-0.4, -0.2) is 36.1 Å². The minimum atomic E-state index is -0.757. The first-order valence-electron chi connectivity index (χ1n) is 7.55. The summed E-state index contributed by atoms with van der Waals surface area (Å²) in [6.45, 7) is 0.759. The standard InChI is InChI=1S/C16H16ClN3O6S/c1-9-8-27-16(24)20(9)6-14(22)26-7-13(21)18-19-15(23)11-5-10(17)3-4-12(11)25-2/h3-5,8H,6-7H2,1-2H3,(H,18,21)(H,19,23). The minimum Gasteiger partial charge on any atom is -0.496 e. The molecule has 2 rings (SSSR count). The Hall–Kier alpha value is -2.85. The molecule has 0 radical (unpaired) electrons. The van der Waals surface area contributed by atoms with Crippen molar-refractivity contribution in [2.24, 2.45) is 0 Å². The molecule has 1 aromatic heterocycles. The molecule has 0 saturated heterocycles. The molecule has 2 N–H and O–H groups in total. The molecule has 11 heteroatoms. The fraction of sp³-hybridized carbons (Fsp3) is 0.250. The number of carbonyl (C=O) groups excluding carboxylic acids is 3. The van der Waals surface area contributed by atoms with Gasteiger partial charge in [-0.05, 0) is 25.1 Å². The van der Waals surface area contributed by atoms with Crippen molar-refractivity contribution in [1.29, 1.82) is 0 Å². The summed E-state index contributed by atoms with van der Waals surface area (Å²) < 4.78 is 11.1. The summed E-state index contributed by atoms with van der Waals surface area (Å²) >= 11 is 6.81. The van der Waals surface area contributed by atoms with Crippen molar-refractivity contribution < 1.29 is 23.9 Å². The number of hydrogen-bond acceptors (Lipinski definition) is 7. The summed E-state index contributed by atoms with van der Waals surface area (Å²) in [5, 5.41) is 1.93. The van der Waals surface area contributed by atoms with Crippen LogP contribution in [0.25, 0.3) is 0 Å². The summed E-state index contributed by atoms with van der Waals surface area (Å²) in [5.41, 5.74) is 5.01. The van der Waals surface area contributed by atoms with Gasteiger partial charge in [0, 0.05) is 16.1 Å². The number of nitrogens with zero attached hydrogens (tertiary/aromatic N) is 1. The van der Waals surface area contributed by atoms with Crippen LogP contribution in [0.3, 0.4) is 0 Å². The number of thiazole rings is 1. The van der Waals surface area contributed by atoms with Gasteiger partial charge in [-0.2, -0.15) is 0 Å². The first-order chi connectivity index (χ1) is 12.8. The number of ether oxygens (including phenoxy) is 2. The summed E-state index contributed by atoms with van der Waals surface area (Å²) in [5.74, 6) is -1.90. The van der Waals surface area contributed by atoms with Gasteiger partial charge in [-0.25, -0.2) is 0 Å². The molecule has 27 heavy (non-hydrogen) atoms. The summed E-state index contributed by atoms with van der Waals surface area (Å²) in [7, 11) is 1.39. The van der Waals surface area contributed by atoms with Crippen LogP contribution >= 0.6 is 22.9 Å². The quantitative estimate of drug-likeness (QED) is 0.536. The van der Waals surface area contributed by atoms with Gasteiger partial charge in [-0.1, -0.05) is 22.9 Å². The van der Waals surface area contributed by atoms with E-state index in [4.69, 9.17) is 21.1 Å². The maximum atomic E-state index is 12.1. The van der Waals surface area contributed by atoms with Crippen LogP contribution in [0, 0.1) is 6.92 Å². The molecule has 2 amide bonds. The van der Waals surface area contributed by atoms with Gasteiger partial charge in [-0.15, -0.1) is 0 Å². The van der Waals surface area contributed by atoms with E-state index in [9.17, 15) is 19.2 Å². The Kier molecular flexibility index (Phi) is 6.97. The second-order valence-corrected chi connectivity index (χ2v) is 6.49. The third-order valence-electron chi connectivity index (χ3n) is 3.35. The predicted molar refractivity (Wildman–Crippen MR) is 97.9 cm³/mol. The molecule has 0 spiro atoms. The fourth-order valence-corrected chi connectivity index (χ4v) is 2.91. The van der Waals surface area contributed by atoms with Crippen molar-refractivity contribution in [3.63, 3.8) is 0 Å². The summed E-state index contributed by atoms with van der Waals surface area (Å²) in [4.78, 5) is 46.8. The van der Waals surface area contributed by atoms with Gasteiger partial charge in [0.05, 0.1) is 12.7 Å². The lowest BCUT2D eigenvalue weighted by Gasteiger charge is -2.11. The average Bonchev–Trinajstić information content (AvgIpc) is 2.96. The van der Waals surface area contributed by atoms with Crippen molar-refractivity contribution in [2.75, 3.05) is 13.7 Å². The fourth-order valence-electron chi connectivity index (χ4n) is 2.00. The molecule has 1 aromatic carbocycles. The number of hydrazine groups is 1. The molecule has 2 aromatic rings. The number of amides is 2. The number of hydrogen-bond donors (Lipinski definition) is 2. The molecule has 0 saturated carbocycles. The lowest BCUT2D eigenvalue weighted by atomic mass is 10.2. The number of benzene rings is 1. The van der Waals surface area contributed by atoms with Gasteiger partial charge in [-0.3, -0.25) is 34.6 Å². The Morgan fingerprint density at radius 3 is 2.63 bits per heavy atom. The monoisotopic (exact) mass is 413 g/mol. The predicted octanol–water partition coefficient (Wildman–Crippen LogP) is 0.885. The van der Waals surface area contributed by atoms with Crippen LogP contribution in [0.15, 0.2) is 28.4 Å². The Bertz CT molecular complexity index is 923. The van der Waals surface area contributed by atoms with Crippen molar-refractivity contribution in [3.05, 3.63) is 49.5 Å². The zero-order valence-electron chi connectivity index (χ0n) is 14.4. The molecule has 0 aliphatic carbocycles. The van der Waals surface area contributed by atoms with Gasteiger partial charge in [0.2, 0.25) is 0 Å². The third kappa shape index (κ3) is 5.56. The molecular formula is C16H16ClN3O6S. The number of aryl methyl sites for hydroxylation is 1. The summed E-state index contributed by atoms with van der Waals surface area (Å²) in [6, 6.07) is 4.44. The molecular weight excluding hydrogens is 398 g/mol. The smallest absolute Gasteiger partial charge is 0.326 e. The van der Waals surface area contributed by atoms with Gasteiger partial charge < -0.3 is 9.47 Å². The van der Waals surface area contributed by atoms with Crippen LogP contribution in [0.4, 0.5) is 0 Å². The Labute approximate surface area is 162 Å². The topological polar surface area (TPSA) is 116 Å². The molecule has 1 heterocycles. The number of rotatable bonds is 6. The van der Waals surface area contributed by atoms with E-state index in [-0.39, 0.29) is 22.7 Å². The molecule has 0 atom stereocenters. The average molecular weight is 414 g/mol. The molecule has 0 aliphatic heterocycles. The lowest BCUT2D eigenvalue weighted by molar-refractivity contribution is -0.149. The molecule has 0 aliphatic rings. The first kappa shape index (κ1) is 20.5. The van der Waals surface area contributed by atoms with Crippen LogP contribution in [-0.2, 0) is 20.9 Å². The largest absolute Gasteiger partial charge is 0.496 e. The van der Waals surface area contributed by atoms with E-state index in [1.165, 1.54) is 23.8 Å². The van der Waals surface area contributed by atoms with E-state index < -0.39 is 24.4 Å². The number of carbonyl (C=O) groups is 3. The van der Waals surface area contributed by atoms with Crippen molar-refractivity contribution >= 4 is 40.7 Å². The highest BCUT2D eigenvalue weighted by molar-refractivity contribution is 7.07. The minimum absolute atomic E-state index is 0.120. The number of halogens is 1. The van der Waals surface area contributed by atoms with Crippen LogP contribution in [0.1, 0.15) is 16.1 Å². The van der Waals surface area contributed by atoms with E-state index >= 15 is 0 Å². The molecule has 0 unspecified atom stereocenters. The lowest BCUT2D eigenvalue weighted by Crippen LogP contribution is -2.43. The van der Waals surface area contributed by atoms with E-state index in [2.05, 4.69) is 10.9 Å². The van der Waals surface area contributed by atoms with Crippen molar-refractivity contribution in [1.82, 2.24) is 15.4 Å². The second kappa shape index (κ2) is 9.19. The SMILES string of the molecule is COc1ccc(Cl)cc1C(=O)NNC(=O)COC(=O)Cn1c(C)csc1=O. The second-order valence-electron chi connectivity index (χ2n) is 5.24. The maximum absolute atomic E-state index is 12.1. The normalized spacial score (nSPS) is 10.2. The highest BCUT2D eigenvalue weighted by Crippen LogP contribution is 2.22.